The average Bonchev–Trinajstić information content (AvgIpc) is 2.77. The third kappa shape index (κ3) is 5.61. The first-order chi connectivity index (χ1) is 13.7. The van der Waals surface area contributed by atoms with Gasteiger partial charge in [-0.3, -0.25) is 4.79 Å². The number of ether oxygens (including phenoxy) is 1. The van der Waals surface area contributed by atoms with E-state index in [-0.39, 0.29) is 5.78 Å². The highest BCUT2D eigenvalue weighted by molar-refractivity contribution is 8.14. The van der Waals surface area contributed by atoms with Crippen LogP contribution in [0.2, 0.25) is 0 Å². The molecule has 28 heavy (non-hydrogen) atoms. The van der Waals surface area contributed by atoms with E-state index in [4.69, 9.17) is 9.73 Å². The van der Waals surface area contributed by atoms with E-state index in [2.05, 4.69) is 11.9 Å². The zero-order valence-electron chi connectivity index (χ0n) is 16.6. The van der Waals surface area contributed by atoms with E-state index in [9.17, 15) is 4.79 Å². The van der Waals surface area contributed by atoms with Gasteiger partial charge >= 0.3 is 0 Å². The maximum atomic E-state index is 12.7. The van der Waals surface area contributed by atoms with Crippen LogP contribution in [0.1, 0.15) is 42.5 Å². The van der Waals surface area contributed by atoms with Gasteiger partial charge in [0.25, 0.3) is 0 Å². The summed E-state index contributed by atoms with van der Waals surface area (Å²) in [6.07, 6.45) is 6.24. The molecule has 4 nitrogen and oxygen atoms in total. The molecule has 2 aromatic rings. The van der Waals surface area contributed by atoms with Crippen LogP contribution in [0.3, 0.4) is 0 Å². The molecule has 0 bridgehead atoms. The van der Waals surface area contributed by atoms with E-state index in [1.54, 1.807) is 7.11 Å². The zero-order chi connectivity index (χ0) is 19.8. The Bertz CT molecular complexity index is 784. The highest BCUT2D eigenvalue weighted by Gasteiger charge is 2.22. The van der Waals surface area contributed by atoms with Crippen molar-refractivity contribution in [2.24, 2.45) is 4.99 Å². The first-order valence-corrected chi connectivity index (χ1v) is 10.8. The van der Waals surface area contributed by atoms with Crippen molar-refractivity contribution in [1.29, 1.82) is 0 Å². The van der Waals surface area contributed by atoms with Gasteiger partial charge in [-0.15, -0.1) is 0 Å². The summed E-state index contributed by atoms with van der Waals surface area (Å²) in [5.41, 5.74) is 1.62. The number of hydrogen-bond donors (Lipinski definition) is 0. The molecule has 0 aliphatic heterocycles. The SMILES string of the molecule is COc1ccc(C(=O)CSC(=Nc2ccccc2)N(C)C2CCCCC2)cc1. The van der Waals surface area contributed by atoms with Crippen LogP contribution in [0.5, 0.6) is 5.75 Å². The molecule has 0 unspecified atom stereocenters. The lowest BCUT2D eigenvalue weighted by atomic mass is 9.95. The van der Waals surface area contributed by atoms with Crippen molar-refractivity contribution in [3.8, 4) is 5.75 Å². The van der Waals surface area contributed by atoms with Crippen LogP contribution in [0, 0.1) is 0 Å². The lowest BCUT2D eigenvalue weighted by molar-refractivity contribution is 0.102. The van der Waals surface area contributed by atoms with Crippen LogP contribution in [0.15, 0.2) is 59.6 Å². The van der Waals surface area contributed by atoms with Crippen molar-refractivity contribution in [3.05, 3.63) is 60.2 Å². The lowest BCUT2D eigenvalue weighted by Crippen LogP contribution is -2.37. The van der Waals surface area contributed by atoms with Crippen molar-refractivity contribution in [1.82, 2.24) is 4.90 Å². The van der Waals surface area contributed by atoms with Gasteiger partial charge in [0.2, 0.25) is 0 Å². The molecule has 1 aliphatic rings. The average molecular weight is 397 g/mol. The molecule has 0 atom stereocenters. The fraction of sp³-hybridized carbons (Fsp3) is 0.391. The molecule has 0 heterocycles. The minimum Gasteiger partial charge on any atom is -0.497 e. The van der Waals surface area contributed by atoms with Crippen molar-refractivity contribution in [2.45, 2.75) is 38.1 Å². The Labute approximate surface area is 172 Å². The zero-order valence-corrected chi connectivity index (χ0v) is 17.5. The van der Waals surface area contributed by atoms with Crippen molar-refractivity contribution < 1.29 is 9.53 Å². The summed E-state index contributed by atoms with van der Waals surface area (Å²) in [5.74, 6) is 1.23. The fourth-order valence-corrected chi connectivity index (χ4v) is 4.39. The van der Waals surface area contributed by atoms with Gasteiger partial charge in [0.15, 0.2) is 11.0 Å². The first-order valence-electron chi connectivity index (χ1n) is 9.84. The Morgan fingerprint density at radius 1 is 1.07 bits per heavy atom. The number of methoxy groups -OCH3 is 1. The van der Waals surface area contributed by atoms with Crippen molar-refractivity contribution >= 4 is 28.4 Å². The van der Waals surface area contributed by atoms with Gasteiger partial charge in [-0.05, 0) is 49.2 Å². The molecule has 0 spiro atoms. The van der Waals surface area contributed by atoms with Crippen molar-refractivity contribution in [3.63, 3.8) is 0 Å². The largest absolute Gasteiger partial charge is 0.497 e. The molecule has 1 fully saturated rings. The fourth-order valence-electron chi connectivity index (χ4n) is 3.44. The topological polar surface area (TPSA) is 41.9 Å². The Morgan fingerprint density at radius 3 is 2.39 bits per heavy atom. The molecule has 0 N–H and O–H groups in total. The summed E-state index contributed by atoms with van der Waals surface area (Å²) in [5, 5.41) is 0.917. The summed E-state index contributed by atoms with van der Waals surface area (Å²) < 4.78 is 5.17. The number of Topliss-reactive ketones (excluding diaryl/α,β-unsaturated/α-hetero) is 1. The number of para-hydroxylation sites is 1. The molecule has 0 radical (unpaired) electrons. The highest BCUT2D eigenvalue weighted by Crippen LogP contribution is 2.26. The minimum atomic E-state index is 0.102. The molecule has 1 aliphatic carbocycles. The molecule has 0 amide bonds. The summed E-state index contributed by atoms with van der Waals surface area (Å²) in [4.78, 5) is 19.8. The molecular weight excluding hydrogens is 368 g/mol. The van der Waals surface area contributed by atoms with Crippen molar-refractivity contribution in [2.75, 3.05) is 19.9 Å². The number of thioether (sulfide) groups is 1. The van der Waals surface area contributed by atoms with E-state index in [1.165, 1.54) is 43.9 Å². The van der Waals surface area contributed by atoms with Gasteiger partial charge in [-0.1, -0.05) is 49.2 Å². The number of rotatable bonds is 6. The smallest absolute Gasteiger partial charge is 0.173 e. The number of carbonyl (C=O) groups is 1. The minimum absolute atomic E-state index is 0.102. The number of hydrogen-bond acceptors (Lipinski definition) is 4. The number of ketones is 1. The summed E-state index contributed by atoms with van der Waals surface area (Å²) in [6.45, 7) is 0. The van der Waals surface area contributed by atoms with E-state index < -0.39 is 0 Å². The number of amidine groups is 1. The quantitative estimate of drug-likeness (QED) is 0.364. The third-order valence-electron chi connectivity index (χ3n) is 5.15. The van der Waals surface area contributed by atoms with Crippen LogP contribution in [-0.4, -0.2) is 41.8 Å². The Morgan fingerprint density at radius 2 is 1.75 bits per heavy atom. The van der Waals surface area contributed by atoms with Gasteiger partial charge in [-0.2, -0.15) is 0 Å². The van der Waals surface area contributed by atoms with Gasteiger partial charge < -0.3 is 9.64 Å². The second kappa shape index (κ2) is 10.3. The van der Waals surface area contributed by atoms with Crippen LogP contribution in [0.25, 0.3) is 0 Å². The number of nitrogens with zero attached hydrogens (tertiary/aromatic N) is 2. The van der Waals surface area contributed by atoms with Gasteiger partial charge in [-0.25, -0.2) is 4.99 Å². The van der Waals surface area contributed by atoms with Gasteiger partial charge in [0.05, 0.1) is 18.6 Å². The van der Waals surface area contributed by atoms with Crippen LogP contribution >= 0.6 is 11.8 Å². The van der Waals surface area contributed by atoms with E-state index >= 15 is 0 Å². The predicted molar refractivity (Wildman–Crippen MR) is 118 cm³/mol. The van der Waals surface area contributed by atoms with Crippen LogP contribution < -0.4 is 4.74 Å². The van der Waals surface area contributed by atoms with E-state index in [0.717, 1.165) is 16.6 Å². The number of benzene rings is 2. The predicted octanol–water partition coefficient (Wildman–Crippen LogP) is 5.56. The van der Waals surface area contributed by atoms with E-state index in [0.29, 0.717) is 17.4 Å². The molecule has 0 saturated heterocycles. The second-order valence-corrected chi connectivity index (χ2v) is 8.02. The molecule has 3 rings (SSSR count). The second-order valence-electron chi connectivity index (χ2n) is 7.07. The maximum absolute atomic E-state index is 12.7. The van der Waals surface area contributed by atoms with Crippen LogP contribution in [0.4, 0.5) is 5.69 Å². The maximum Gasteiger partial charge on any atom is 0.173 e. The van der Waals surface area contributed by atoms with Gasteiger partial charge in [0.1, 0.15) is 5.75 Å². The number of carbonyl (C=O) groups excluding carboxylic acids is 1. The highest BCUT2D eigenvalue weighted by atomic mass is 32.2. The summed E-state index contributed by atoms with van der Waals surface area (Å²) in [7, 11) is 3.74. The lowest BCUT2D eigenvalue weighted by Gasteiger charge is -2.33. The Balaban J connectivity index is 1.72. The molecule has 2 aromatic carbocycles. The molecule has 5 heteroatoms. The van der Waals surface area contributed by atoms with E-state index in [1.807, 2.05) is 54.6 Å². The molecule has 148 valence electrons. The normalized spacial score (nSPS) is 15.3. The summed E-state index contributed by atoms with van der Waals surface area (Å²) >= 11 is 1.53. The Hall–Kier alpha value is -2.27. The first kappa shape index (κ1) is 20.5. The molecule has 1 saturated carbocycles. The van der Waals surface area contributed by atoms with Crippen LogP contribution in [-0.2, 0) is 0 Å². The Kier molecular flexibility index (Phi) is 7.54. The standard InChI is InChI=1S/C23H28N2O2S/c1-25(20-11-7-4-8-12-20)23(24-19-9-5-3-6-10-19)28-17-22(26)18-13-15-21(27-2)16-14-18/h3,5-6,9-10,13-16,20H,4,7-8,11-12,17H2,1-2H3. The monoisotopic (exact) mass is 396 g/mol. The molecular formula is C23H28N2O2S. The third-order valence-corrected chi connectivity index (χ3v) is 6.19. The molecule has 0 aromatic heterocycles. The number of aliphatic imine (C=N–C) groups is 1. The summed E-state index contributed by atoms with van der Waals surface area (Å²) in [6, 6.07) is 17.8. The van der Waals surface area contributed by atoms with Gasteiger partial charge in [0, 0.05) is 18.7 Å².